The van der Waals surface area contributed by atoms with Crippen LogP contribution in [-0.4, -0.2) is 19.0 Å². The first-order chi connectivity index (χ1) is 7.15. The summed E-state index contributed by atoms with van der Waals surface area (Å²) in [7, 11) is 0. The minimum absolute atomic E-state index is 0.128. The average molecular weight is 210 g/mol. The molecule has 1 fully saturated rings. The molecule has 15 heavy (non-hydrogen) atoms. The SMILES string of the molecule is C=C(C)CNC(=O)C1CCCCC1CN. The van der Waals surface area contributed by atoms with Crippen molar-refractivity contribution in [2.75, 3.05) is 13.1 Å². The standard InChI is InChI=1S/C12H22N2O/c1-9(2)8-14-12(15)11-6-4-3-5-10(11)7-13/h10-11H,1,3-8,13H2,2H3,(H,14,15). The Hall–Kier alpha value is -0.830. The maximum absolute atomic E-state index is 11.9. The lowest BCUT2D eigenvalue weighted by atomic mass is 9.79. The highest BCUT2D eigenvalue weighted by molar-refractivity contribution is 5.79. The zero-order valence-corrected chi connectivity index (χ0v) is 9.59. The van der Waals surface area contributed by atoms with E-state index in [9.17, 15) is 4.79 Å². The molecule has 1 rings (SSSR count). The summed E-state index contributed by atoms with van der Waals surface area (Å²) in [6.45, 7) is 6.91. The Bertz CT molecular complexity index is 238. The first-order valence-corrected chi connectivity index (χ1v) is 5.77. The number of nitrogens with one attached hydrogen (secondary N) is 1. The summed E-state index contributed by atoms with van der Waals surface area (Å²) in [6, 6.07) is 0. The second-order valence-corrected chi connectivity index (χ2v) is 4.56. The Labute approximate surface area is 92.1 Å². The molecule has 0 bridgehead atoms. The Balaban J connectivity index is 2.44. The summed E-state index contributed by atoms with van der Waals surface area (Å²) < 4.78 is 0. The highest BCUT2D eigenvalue weighted by Gasteiger charge is 2.29. The first kappa shape index (κ1) is 12.2. The van der Waals surface area contributed by atoms with Gasteiger partial charge in [-0.1, -0.05) is 25.0 Å². The third-order valence-corrected chi connectivity index (χ3v) is 3.11. The van der Waals surface area contributed by atoms with Gasteiger partial charge in [-0.25, -0.2) is 0 Å². The van der Waals surface area contributed by atoms with Crippen LogP contribution in [0, 0.1) is 11.8 Å². The van der Waals surface area contributed by atoms with Crippen LogP contribution >= 0.6 is 0 Å². The predicted octanol–water partition coefficient (Wildman–Crippen LogP) is 1.44. The van der Waals surface area contributed by atoms with E-state index in [1.54, 1.807) is 0 Å². The van der Waals surface area contributed by atoms with Crippen molar-refractivity contribution in [1.82, 2.24) is 5.32 Å². The van der Waals surface area contributed by atoms with Crippen molar-refractivity contribution < 1.29 is 4.79 Å². The Morgan fingerprint density at radius 3 is 2.73 bits per heavy atom. The lowest BCUT2D eigenvalue weighted by Crippen LogP contribution is -2.39. The summed E-state index contributed by atoms with van der Waals surface area (Å²) in [5.41, 5.74) is 6.68. The van der Waals surface area contributed by atoms with E-state index < -0.39 is 0 Å². The first-order valence-electron chi connectivity index (χ1n) is 5.77. The second kappa shape index (κ2) is 5.91. The van der Waals surface area contributed by atoms with Gasteiger partial charge in [0, 0.05) is 12.5 Å². The molecule has 1 amide bonds. The van der Waals surface area contributed by atoms with Crippen molar-refractivity contribution in [1.29, 1.82) is 0 Å². The highest BCUT2D eigenvalue weighted by Crippen LogP contribution is 2.29. The van der Waals surface area contributed by atoms with Crippen molar-refractivity contribution in [2.45, 2.75) is 32.6 Å². The van der Waals surface area contributed by atoms with E-state index in [1.165, 1.54) is 6.42 Å². The van der Waals surface area contributed by atoms with E-state index in [2.05, 4.69) is 11.9 Å². The minimum atomic E-state index is 0.128. The van der Waals surface area contributed by atoms with Crippen LogP contribution in [0.5, 0.6) is 0 Å². The number of hydrogen-bond acceptors (Lipinski definition) is 2. The monoisotopic (exact) mass is 210 g/mol. The molecular weight excluding hydrogens is 188 g/mol. The predicted molar refractivity (Wildman–Crippen MR) is 62.3 cm³/mol. The summed E-state index contributed by atoms with van der Waals surface area (Å²) in [5, 5.41) is 2.92. The number of rotatable bonds is 4. The zero-order valence-electron chi connectivity index (χ0n) is 9.59. The number of carbonyl (C=O) groups excluding carboxylic acids is 1. The summed E-state index contributed by atoms with van der Waals surface area (Å²) in [5.74, 6) is 0.667. The van der Waals surface area contributed by atoms with Gasteiger partial charge in [-0.2, -0.15) is 0 Å². The fourth-order valence-electron chi connectivity index (χ4n) is 2.20. The van der Waals surface area contributed by atoms with Gasteiger partial charge in [0.2, 0.25) is 5.91 Å². The van der Waals surface area contributed by atoms with Gasteiger partial charge in [0.05, 0.1) is 0 Å². The molecule has 1 saturated carbocycles. The van der Waals surface area contributed by atoms with Gasteiger partial charge in [-0.15, -0.1) is 0 Å². The number of nitrogens with two attached hydrogens (primary N) is 1. The Morgan fingerprint density at radius 2 is 2.13 bits per heavy atom. The van der Waals surface area contributed by atoms with Crippen LogP contribution in [0.15, 0.2) is 12.2 Å². The van der Waals surface area contributed by atoms with Crippen LogP contribution in [-0.2, 0) is 4.79 Å². The van der Waals surface area contributed by atoms with Gasteiger partial charge in [0.25, 0.3) is 0 Å². The van der Waals surface area contributed by atoms with Gasteiger partial charge in [-0.05, 0) is 32.2 Å². The number of amides is 1. The van der Waals surface area contributed by atoms with Crippen LogP contribution < -0.4 is 11.1 Å². The molecule has 3 heteroatoms. The van der Waals surface area contributed by atoms with E-state index in [0.717, 1.165) is 24.8 Å². The zero-order chi connectivity index (χ0) is 11.3. The quantitative estimate of drug-likeness (QED) is 0.690. The summed E-state index contributed by atoms with van der Waals surface area (Å²) in [6.07, 6.45) is 4.46. The van der Waals surface area contributed by atoms with Crippen LogP contribution in [0.4, 0.5) is 0 Å². The number of carbonyl (C=O) groups is 1. The molecule has 3 nitrogen and oxygen atoms in total. The second-order valence-electron chi connectivity index (χ2n) is 4.56. The molecule has 0 saturated heterocycles. The van der Waals surface area contributed by atoms with Crippen molar-refractivity contribution in [3.8, 4) is 0 Å². The van der Waals surface area contributed by atoms with Crippen molar-refractivity contribution in [2.24, 2.45) is 17.6 Å². The topological polar surface area (TPSA) is 55.1 Å². The maximum Gasteiger partial charge on any atom is 0.223 e. The van der Waals surface area contributed by atoms with Gasteiger partial charge < -0.3 is 11.1 Å². The third kappa shape index (κ3) is 3.67. The summed E-state index contributed by atoms with van der Waals surface area (Å²) in [4.78, 5) is 11.9. The van der Waals surface area contributed by atoms with Crippen LogP contribution in [0.1, 0.15) is 32.6 Å². The highest BCUT2D eigenvalue weighted by atomic mass is 16.1. The molecule has 3 N–H and O–H groups in total. The lowest BCUT2D eigenvalue weighted by Gasteiger charge is -2.29. The third-order valence-electron chi connectivity index (χ3n) is 3.11. The normalized spacial score (nSPS) is 26.0. The van der Waals surface area contributed by atoms with E-state index >= 15 is 0 Å². The molecular formula is C12H22N2O. The molecule has 0 aromatic rings. The van der Waals surface area contributed by atoms with Gasteiger partial charge in [0.15, 0.2) is 0 Å². The van der Waals surface area contributed by atoms with Crippen molar-refractivity contribution in [3.05, 3.63) is 12.2 Å². The molecule has 1 aliphatic rings. The number of hydrogen-bond donors (Lipinski definition) is 2. The van der Waals surface area contributed by atoms with Crippen molar-refractivity contribution >= 4 is 5.91 Å². The largest absolute Gasteiger partial charge is 0.352 e. The fourth-order valence-corrected chi connectivity index (χ4v) is 2.20. The molecule has 0 radical (unpaired) electrons. The Kier molecular flexibility index (Phi) is 4.82. The van der Waals surface area contributed by atoms with Crippen LogP contribution in [0.25, 0.3) is 0 Å². The fraction of sp³-hybridized carbons (Fsp3) is 0.750. The van der Waals surface area contributed by atoms with Gasteiger partial charge in [-0.3, -0.25) is 4.79 Å². The smallest absolute Gasteiger partial charge is 0.223 e. The van der Waals surface area contributed by atoms with Gasteiger partial charge in [0.1, 0.15) is 0 Å². The van der Waals surface area contributed by atoms with Gasteiger partial charge >= 0.3 is 0 Å². The molecule has 86 valence electrons. The van der Waals surface area contributed by atoms with E-state index in [0.29, 0.717) is 19.0 Å². The van der Waals surface area contributed by atoms with Crippen molar-refractivity contribution in [3.63, 3.8) is 0 Å². The Morgan fingerprint density at radius 1 is 1.47 bits per heavy atom. The molecule has 0 heterocycles. The lowest BCUT2D eigenvalue weighted by molar-refractivity contribution is -0.127. The minimum Gasteiger partial charge on any atom is -0.352 e. The van der Waals surface area contributed by atoms with Crippen LogP contribution in [0.3, 0.4) is 0 Å². The molecule has 1 aliphatic carbocycles. The molecule has 0 spiro atoms. The molecule has 0 aromatic carbocycles. The molecule has 0 aromatic heterocycles. The maximum atomic E-state index is 11.9. The molecule has 2 unspecified atom stereocenters. The molecule has 2 atom stereocenters. The molecule has 0 aliphatic heterocycles. The summed E-state index contributed by atoms with van der Waals surface area (Å²) >= 11 is 0. The van der Waals surface area contributed by atoms with E-state index in [4.69, 9.17) is 5.73 Å². The van der Waals surface area contributed by atoms with Crippen LogP contribution in [0.2, 0.25) is 0 Å². The van der Waals surface area contributed by atoms with E-state index in [1.807, 2.05) is 6.92 Å². The van der Waals surface area contributed by atoms with E-state index in [-0.39, 0.29) is 11.8 Å². The average Bonchev–Trinajstić information content (AvgIpc) is 2.25.